The highest BCUT2D eigenvalue weighted by Crippen LogP contribution is 2.30. The minimum Gasteiger partial charge on any atom is -0.459 e. The molecule has 3 saturated heterocycles. The molecule has 2 atom stereocenters. The Hall–Kier alpha value is -0.810. The number of esters is 1. The normalized spacial score (nSPS) is 28.0. The SMILES string of the molecule is Cl.Cl.N[C@H](C(=O)O[C@H]1CN2CCC1CC2)c1ccccc1. The van der Waals surface area contributed by atoms with Crippen LogP contribution in [0.1, 0.15) is 24.4 Å². The van der Waals surface area contributed by atoms with Crippen molar-refractivity contribution in [3.63, 3.8) is 0 Å². The van der Waals surface area contributed by atoms with E-state index in [0.29, 0.717) is 5.92 Å². The zero-order valence-electron chi connectivity index (χ0n) is 11.8. The van der Waals surface area contributed by atoms with E-state index in [9.17, 15) is 4.79 Å². The van der Waals surface area contributed by atoms with Crippen molar-refractivity contribution in [1.82, 2.24) is 4.90 Å². The van der Waals surface area contributed by atoms with E-state index in [1.54, 1.807) is 0 Å². The molecular weight excluding hydrogens is 311 g/mol. The van der Waals surface area contributed by atoms with Gasteiger partial charge in [0.1, 0.15) is 12.1 Å². The second kappa shape index (κ2) is 7.99. The van der Waals surface area contributed by atoms with E-state index < -0.39 is 6.04 Å². The molecule has 0 radical (unpaired) electrons. The van der Waals surface area contributed by atoms with Gasteiger partial charge in [-0.3, -0.25) is 4.90 Å². The number of ether oxygens (including phenoxy) is 1. The molecule has 4 rings (SSSR count). The van der Waals surface area contributed by atoms with E-state index in [1.807, 2.05) is 30.3 Å². The number of fused-ring (bicyclic) bond motifs is 3. The largest absolute Gasteiger partial charge is 0.459 e. The van der Waals surface area contributed by atoms with Crippen molar-refractivity contribution in [3.8, 4) is 0 Å². The van der Waals surface area contributed by atoms with Gasteiger partial charge < -0.3 is 10.5 Å². The van der Waals surface area contributed by atoms with Crippen molar-refractivity contribution < 1.29 is 9.53 Å². The zero-order valence-corrected chi connectivity index (χ0v) is 13.4. The fraction of sp³-hybridized carbons (Fsp3) is 0.533. The lowest BCUT2D eigenvalue weighted by molar-refractivity contribution is -0.160. The van der Waals surface area contributed by atoms with Gasteiger partial charge in [0.25, 0.3) is 0 Å². The summed E-state index contributed by atoms with van der Waals surface area (Å²) in [5.74, 6) is 0.224. The standard InChI is InChI=1S/C15H20N2O2.2ClH/c16-14(12-4-2-1-3-5-12)15(18)19-13-10-17-8-6-11(13)7-9-17;;/h1-5,11,13-14H,6-10,16H2;2*1H/t13-,14-;;/m0../s1. The van der Waals surface area contributed by atoms with Crippen molar-refractivity contribution in [2.75, 3.05) is 19.6 Å². The quantitative estimate of drug-likeness (QED) is 0.862. The summed E-state index contributed by atoms with van der Waals surface area (Å²) in [5, 5.41) is 0. The molecule has 4 nitrogen and oxygen atoms in total. The first-order valence-corrected chi connectivity index (χ1v) is 6.97. The molecule has 1 aromatic carbocycles. The Bertz CT molecular complexity index is 450. The maximum Gasteiger partial charge on any atom is 0.327 e. The Labute approximate surface area is 137 Å². The van der Waals surface area contributed by atoms with Gasteiger partial charge in [0, 0.05) is 6.54 Å². The number of rotatable bonds is 3. The molecule has 0 saturated carbocycles. The molecule has 118 valence electrons. The summed E-state index contributed by atoms with van der Waals surface area (Å²) in [6, 6.07) is 8.74. The number of nitrogens with zero attached hydrogens (tertiary/aromatic N) is 1. The van der Waals surface area contributed by atoms with Crippen molar-refractivity contribution in [1.29, 1.82) is 0 Å². The predicted molar refractivity (Wildman–Crippen MR) is 86.9 cm³/mol. The smallest absolute Gasteiger partial charge is 0.327 e. The fourth-order valence-corrected chi connectivity index (χ4v) is 3.06. The summed E-state index contributed by atoms with van der Waals surface area (Å²) in [4.78, 5) is 14.5. The second-order valence-electron chi connectivity index (χ2n) is 5.50. The Kier molecular flexibility index (Phi) is 6.94. The van der Waals surface area contributed by atoms with Gasteiger partial charge in [0.15, 0.2) is 0 Å². The lowest BCUT2D eigenvalue weighted by atomic mass is 9.86. The number of hydrogen-bond acceptors (Lipinski definition) is 4. The summed E-state index contributed by atoms with van der Waals surface area (Å²) in [6.07, 6.45) is 2.31. The van der Waals surface area contributed by atoms with Crippen LogP contribution in [0, 0.1) is 5.92 Å². The molecule has 3 aliphatic rings. The highest BCUT2D eigenvalue weighted by molar-refractivity contribution is 5.85. The minimum atomic E-state index is -0.670. The summed E-state index contributed by atoms with van der Waals surface area (Å²) in [5.41, 5.74) is 6.78. The van der Waals surface area contributed by atoms with Crippen LogP contribution in [-0.4, -0.2) is 36.6 Å². The molecule has 6 heteroatoms. The third-order valence-electron chi connectivity index (χ3n) is 4.28. The number of piperidine rings is 3. The van der Waals surface area contributed by atoms with E-state index in [0.717, 1.165) is 38.0 Å². The predicted octanol–water partition coefficient (Wildman–Crippen LogP) is 2.17. The highest BCUT2D eigenvalue weighted by Gasteiger charge is 2.37. The van der Waals surface area contributed by atoms with E-state index in [1.165, 1.54) is 0 Å². The third-order valence-corrected chi connectivity index (χ3v) is 4.28. The number of carbonyl (C=O) groups is 1. The van der Waals surface area contributed by atoms with Crippen LogP contribution in [0.3, 0.4) is 0 Å². The van der Waals surface area contributed by atoms with Crippen LogP contribution >= 0.6 is 24.8 Å². The molecular formula is C15H22Cl2N2O2. The van der Waals surface area contributed by atoms with Gasteiger partial charge in [-0.25, -0.2) is 4.79 Å². The molecule has 21 heavy (non-hydrogen) atoms. The van der Waals surface area contributed by atoms with E-state index in [-0.39, 0.29) is 36.9 Å². The monoisotopic (exact) mass is 332 g/mol. The summed E-state index contributed by atoms with van der Waals surface area (Å²) in [6.45, 7) is 3.16. The van der Waals surface area contributed by atoms with Gasteiger partial charge in [-0.2, -0.15) is 0 Å². The number of hydrogen-bond donors (Lipinski definition) is 1. The van der Waals surface area contributed by atoms with Gasteiger partial charge in [0.05, 0.1) is 0 Å². The summed E-state index contributed by atoms with van der Waals surface area (Å²) >= 11 is 0. The van der Waals surface area contributed by atoms with Crippen molar-refractivity contribution in [2.24, 2.45) is 11.7 Å². The zero-order chi connectivity index (χ0) is 13.2. The molecule has 0 amide bonds. The number of benzene rings is 1. The fourth-order valence-electron chi connectivity index (χ4n) is 3.06. The number of nitrogens with two attached hydrogens (primary N) is 1. The van der Waals surface area contributed by atoms with Crippen LogP contribution in [-0.2, 0) is 9.53 Å². The van der Waals surface area contributed by atoms with Crippen LogP contribution < -0.4 is 5.73 Å². The second-order valence-corrected chi connectivity index (χ2v) is 5.50. The highest BCUT2D eigenvalue weighted by atomic mass is 35.5. The first kappa shape index (κ1) is 18.2. The molecule has 2 bridgehead atoms. The van der Waals surface area contributed by atoms with Gasteiger partial charge in [-0.1, -0.05) is 30.3 Å². The first-order chi connectivity index (χ1) is 9.24. The summed E-state index contributed by atoms with van der Waals surface area (Å²) < 4.78 is 5.64. The Balaban J connectivity index is 0.00000110. The van der Waals surface area contributed by atoms with Crippen LogP contribution in [0.2, 0.25) is 0 Å². The van der Waals surface area contributed by atoms with Crippen LogP contribution in [0.25, 0.3) is 0 Å². The molecule has 3 fully saturated rings. The van der Waals surface area contributed by atoms with Gasteiger partial charge in [0.2, 0.25) is 0 Å². The van der Waals surface area contributed by atoms with Gasteiger partial charge >= 0.3 is 5.97 Å². The van der Waals surface area contributed by atoms with Crippen molar-refractivity contribution in [3.05, 3.63) is 35.9 Å². The molecule has 0 aromatic heterocycles. The maximum absolute atomic E-state index is 12.1. The van der Waals surface area contributed by atoms with Gasteiger partial charge in [-0.05, 0) is 37.4 Å². The molecule has 0 aliphatic carbocycles. The molecule has 1 aromatic rings. The minimum absolute atomic E-state index is 0. The Morgan fingerprint density at radius 3 is 2.33 bits per heavy atom. The molecule has 3 aliphatic heterocycles. The van der Waals surface area contributed by atoms with E-state index in [2.05, 4.69) is 4.90 Å². The van der Waals surface area contributed by atoms with Crippen molar-refractivity contribution >= 4 is 30.8 Å². The Morgan fingerprint density at radius 1 is 1.19 bits per heavy atom. The molecule has 0 spiro atoms. The van der Waals surface area contributed by atoms with Crippen LogP contribution in [0.4, 0.5) is 0 Å². The van der Waals surface area contributed by atoms with Gasteiger partial charge in [-0.15, -0.1) is 24.8 Å². The van der Waals surface area contributed by atoms with Crippen LogP contribution in [0.15, 0.2) is 30.3 Å². The molecule has 0 unspecified atom stereocenters. The topological polar surface area (TPSA) is 55.6 Å². The number of halogens is 2. The van der Waals surface area contributed by atoms with E-state index >= 15 is 0 Å². The maximum atomic E-state index is 12.1. The lowest BCUT2D eigenvalue weighted by Gasteiger charge is -2.44. The first-order valence-electron chi connectivity index (χ1n) is 6.97. The number of carbonyl (C=O) groups excluding carboxylic acids is 1. The average molecular weight is 333 g/mol. The van der Waals surface area contributed by atoms with E-state index in [4.69, 9.17) is 10.5 Å². The van der Waals surface area contributed by atoms with Crippen molar-refractivity contribution in [2.45, 2.75) is 25.0 Å². The average Bonchev–Trinajstić information content (AvgIpc) is 2.48. The summed E-state index contributed by atoms with van der Waals surface area (Å²) in [7, 11) is 0. The van der Waals surface area contributed by atoms with Crippen LogP contribution in [0.5, 0.6) is 0 Å². The molecule has 2 N–H and O–H groups in total. The third kappa shape index (κ3) is 4.10. The molecule has 3 heterocycles. The Morgan fingerprint density at radius 2 is 1.81 bits per heavy atom. The lowest BCUT2D eigenvalue weighted by Crippen LogP contribution is -2.52.